The first-order valence-electron chi connectivity index (χ1n) is 4.51. The molecule has 14 heavy (non-hydrogen) atoms. The molecule has 0 saturated heterocycles. The first kappa shape index (κ1) is 8.75. The molecule has 0 radical (unpaired) electrons. The van der Waals surface area contributed by atoms with Gasteiger partial charge in [0.25, 0.3) is 0 Å². The minimum atomic E-state index is 0.731. The van der Waals surface area contributed by atoms with E-state index in [-0.39, 0.29) is 0 Å². The van der Waals surface area contributed by atoms with Gasteiger partial charge in [0.1, 0.15) is 6.29 Å². The Morgan fingerprint density at radius 1 is 1.36 bits per heavy atom. The van der Waals surface area contributed by atoms with Gasteiger partial charge in [-0.05, 0) is 24.6 Å². The molecule has 2 rings (SSSR count). The maximum Gasteiger partial charge on any atom is 0.145 e. The van der Waals surface area contributed by atoms with Crippen molar-refractivity contribution in [3.63, 3.8) is 0 Å². The molecule has 0 amide bonds. The number of aromatic amines is 1. The number of rotatable bonds is 2. The van der Waals surface area contributed by atoms with Crippen LogP contribution < -0.4 is 0 Å². The Balaban J connectivity index is 2.59. The highest BCUT2D eigenvalue weighted by molar-refractivity contribution is 5.92. The summed E-state index contributed by atoms with van der Waals surface area (Å²) in [6.07, 6.45) is 4.66. The van der Waals surface area contributed by atoms with E-state index >= 15 is 0 Å². The van der Waals surface area contributed by atoms with Crippen LogP contribution in [0.1, 0.15) is 12.5 Å². The van der Waals surface area contributed by atoms with Crippen molar-refractivity contribution in [1.82, 2.24) is 4.98 Å². The van der Waals surface area contributed by atoms with Gasteiger partial charge >= 0.3 is 0 Å². The number of para-hydroxylation sites is 1. The van der Waals surface area contributed by atoms with Crippen LogP contribution in [0.3, 0.4) is 0 Å². The fraction of sp³-hybridized carbons (Fsp3) is 0.0833. The third-order valence-corrected chi connectivity index (χ3v) is 2.19. The van der Waals surface area contributed by atoms with Crippen LogP contribution >= 0.6 is 0 Å². The van der Waals surface area contributed by atoms with Crippen molar-refractivity contribution < 1.29 is 4.79 Å². The van der Waals surface area contributed by atoms with Crippen molar-refractivity contribution in [3.05, 3.63) is 41.6 Å². The number of carbonyl (C=O) groups excluding carboxylic acids is 1. The zero-order chi connectivity index (χ0) is 9.97. The summed E-state index contributed by atoms with van der Waals surface area (Å²) in [6.45, 7) is 1.80. The molecular weight excluding hydrogens is 174 g/mol. The lowest BCUT2D eigenvalue weighted by molar-refractivity contribution is -0.104. The summed E-state index contributed by atoms with van der Waals surface area (Å²) < 4.78 is 0. The lowest BCUT2D eigenvalue weighted by Crippen LogP contribution is -1.75. The fourth-order valence-electron chi connectivity index (χ4n) is 1.49. The topological polar surface area (TPSA) is 32.9 Å². The van der Waals surface area contributed by atoms with Crippen molar-refractivity contribution in [2.45, 2.75) is 6.92 Å². The lowest BCUT2D eigenvalue weighted by Gasteiger charge is -1.91. The SMILES string of the molecule is C/C(C=O)=C\c1c[nH]c2ccccc12. The molecule has 2 heteroatoms. The highest BCUT2D eigenvalue weighted by Gasteiger charge is 1.99. The predicted octanol–water partition coefficient (Wildman–Crippen LogP) is 2.77. The molecule has 0 fully saturated rings. The molecule has 0 spiro atoms. The number of nitrogens with one attached hydrogen (secondary N) is 1. The molecule has 2 nitrogen and oxygen atoms in total. The zero-order valence-electron chi connectivity index (χ0n) is 7.95. The van der Waals surface area contributed by atoms with Crippen LogP contribution in [0.25, 0.3) is 17.0 Å². The van der Waals surface area contributed by atoms with Crippen LogP contribution in [0.2, 0.25) is 0 Å². The molecule has 0 aliphatic rings. The summed E-state index contributed by atoms with van der Waals surface area (Å²) in [6, 6.07) is 8.03. The molecule has 70 valence electrons. The summed E-state index contributed by atoms with van der Waals surface area (Å²) in [5.41, 5.74) is 2.89. The smallest absolute Gasteiger partial charge is 0.145 e. The van der Waals surface area contributed by atoms with Crippen molar-refractivity contribution >= 4 is 23.3 Å². The molecule has 0 bridgehead atoms. The summed E-state index contributed by atoms with van der Waals surface area (Å²) in [7, 11) is 0. The summed E-state index contributed by atoms with van der Waals surface area (Å²) >= 11 is 0. The molecular formula is C12H11NO. The third kappa shape index (κ3) is 1.46. The van der Waals surface area contributed by atoms with Crippen molar-refractivity contribution in [2.75, 3.05) is 0 Å². The second-order valence-electron chi connectivity index (χ2n) is 3.30. The molecule has 0 aliphatic heterocycles. The fourth-order valence-corrected chi connectivity index (χ4v) is 1.49. The number of carbonyl (C=O) groups is 1. The Hall–Kier alpha value is -1.83. The number of benzene rings is 1. The maximum absolute atomic E-state index is 10.5. The van der Waals surface area contributed by atoms with E-state index in [0.717, 1.165) is 28.3 Å². The van der Waals surface area contributed by atoms with Crippen LogP contribution in [0.15, 0.2) is 36.0 Å². The van der Waals surface area contributed by atoms with Gasteiger partial charge in [-0.25, -0.2) is 0 Å². The predicted molar refractivity (Wildman–Crippen MR) is 58.0 cm³/mol. The van der Waals surface area contributed by atoms with Gasteiger partial charge in [0.15, 0.2) is 0 Å². The molecule has 0 aliphatic carbocycles. The van der Waals surface area contributed by atoms with Crippen molar-refractivity contribution in [3.8, 4) is 0 Å². The van der Waals surface area contributed by atoms with Crippen LogP contribution in [-0.4, -0.2) is 11.3 Å². The van der Waals surface area contributed by atoms with E-state index in [9.17, 15) is 4.79 Å². The molecule has 0 unspecified atom stereocenters. The van der Waals surface area contributed by atoms with Crippen LogP contribution in [0.5, 0.6) is 0 Å². The minimum Gasteiger partial charge on any atom is -0.361 e. The quantitative estimate of drug-likeness (QED) is 0.566. The standard InChI is InChI=1S/C12H11NO/c1-9(8-14)6-10-7-13-12-5-3-2-4-11(10)12/h2-8,13H,1H3/b9-6+. The average Bonchev–Trinajstić information content (AvgIpc) is 2.62. The second kappa shape index (κ2) is 3.50. The molecule has 0 atom stereocenters. The van der Waals surface area contributed by atoms with Crippen LogP contribution in [-0.2, 0) is 4.79 Å². The molecule has 2 aromatic rings. The number of hydrogen-bond acceptors (Lipinski definition) is 1. The van der Waals surface area contributed by atoms with Crippen molar-refractivity contribution in [2.24, 2.45) is 0 Å². The van der Waals surface area contributed by atoms with Crippen molar-refractivity contribution in [1.29, 1.82) is 0 Å². The van der Waals surface area contributed by atoms with Crippen LogP contribution in [0, 0.1) is 0 Å². The third-order valence-electron chi connectivity index (χ3n) is 2.19. The highest BCUT2D eigenvalue weighted by atomic mass is 16.1. The molecule has 1 N–H and O–H groups in total. The van der Waals surface area contributed by atoms with Crippen LogP contribution in [0.4, 0.5) is 0 Å². The first-order valence-corrected chi connectivity index (χ1v) is 4.51. The number of H-pyrrole nitrogens is 1. The Morgan fingerprint density at radius 2 is 2.14 bits per heavy atom. The van der Waals surface area contributed by atoms with E-state index in [4.69, 9.17) is 0 Å². The highest BCUT2D eigenvalue weighted by Crippen LogP contribution is 2.19. The lowest BCUT2D eigenvalue weighted by atomic mass is 10.1. The average molecular weight is 185 g/mol. The minimum absolute atomic E-state index is 0.731. The number of hydrogen-bond donors (Lipinski definition) is 1. The zero-order valence-corrected chi connectivity index (χ0v) is 7.95. The molecule has 1 aromatic heterocycles. The summed E-state index contributed by atoms with van der Waals surface area (Å²) in [4.78, 5) is 13.6. The van der Waals surface area contributed by atoms with E-state index in [1.165, 1.54) is 0 Å². The monoisotopic (exact) mass is 185 g/mol. The first-order chi connectivity index (χ1) is 6.81. The van der Waals surface area contributed by atoms with Gasteiger partial charge in [0, 0.05) is 22.7 Å². The van der Waals surface area contributed by atoms with Gasteiger partial charge in [0.2, 0.25) is 0 Å². The largest absolute Gasteiger partial charge is 0.361 e. The Bertz CT molecular complexity index is 494. The van der Waals surface area contributed by atoms with Gasteiger partial charge in [-0.1, -0.05) is 18.2 Å². The van der Waals surface area contributed by atoms with Gasteiger partial charge in [-0.15, -0.1) is 0 Å². The summed E-state index contributed by atoms with van der Waals surface area (Å²) in [5.74, 6) is 0. The second-order valence-corrected chi connectivity index (χ2v) is 3.30. The number of fused-ring (bicyclic) bond motifs is 1. The van der Waals surface area contributed by atoms with E-state index in [1.807, 2.05) is 36.5 Å². The van der Waals surface area contributed by atoms with E-state index in [2.05, 4.69) is 4.98 Å². The number of aldehydes is 1. The maximum atomic E-state index is 10.5. The van der Waals surface area contributed by atoms with Gasteiger partial charge in [-0.3, -0.25) is 4.79 Å². The Morgan fingerprint density at radius 3 is 2.93 bits per heavy atom. The number of aromatic nitrogens is 1. The van der Waals surface area contributed by atoms with Gasteiger partial charge in [0.05, 0.1) is 0 Å². The molecule has 1 heterocycles. The summed E-state index contributed by atoms with van der Waals surface area (Å²) in [5, 5.41) is 1.15. The molecule has 1 aromatic carbocycles. The molecule has 0 saturated carbocycles. The Labute approximate surface area is 82.3 Å². The number of allylic oxidation sites excluding steroid dienone is 1. The van der Waals surface area contributed by atoms with E-state index in [0.29, 0.717) is 0 Å². The Kier molecular flexibility index (Phi) is 2.19. The van der Waals surface area contributed by atoms with E-state index < -0.39 is 0 Å². The normalized spacial score (nSPS) is 11.9. The van der Waals surface area contributed by atoms with E-state index in [1.54, 1.807) is 6.92 Å². The van der Waals surface area contributed by atoms with Gasteiger partial charge in [-0.2, -0.15) is 0 Å². The van der Waals surface area contributed by atoms with Gasteiger partial charge < -0.3 is 4.98 Å².